The van der Waals surface area contributed by atoms with Crippen molar-refractivity contribution in [3.05, 3.63) is 0 Å². The van der Waals surface area contributed by atoms with Crippen molar-refractivity contribution in [3.63, 3.8) is 0 Å². The average molecular weight is 270 g/mol. The molecule has 0 aromatic carbocycles. The molecule has 1 aliphatic heterocycles. The summed E-state index contributed by atoms with van der Waals surface area (Å²) in [7, 11) is 0. The number of rotatable bonds is 7. The van der Waals surface area contributed by atoms with E-state index in [1.807, 2.05) is 6.92 Å². The van der Waals surface area contributed by atoms with Crippen LogP contribution in [0.5, 0.6) is 0 Å². The van der Waals surface area contributed by atoms with Crippen LogP contribution in [0.15, 0.2) is 0 Å². The molecule has 1 unspecified atom stereocenters. The second kappa shape index (κ2) is 7.05. The first-order valence-electron chi connectivity index (χ1n) is 7.94. The molecule has 0 aliphatic carbocycles. The summed E-state index contributed by atoms with van der Waals surface area (Å²) in [5, 5.41) is 13.6. The van der Waals surface area contributed by atoms with E-state index >= 15 is 0 Å². The van der Waals surface area contributed by atoms with Crippen molar-refractivity contribution in [2.75, 3.05) is 26.2 Å². The molecule has 1 atom stereocenters. The standard InChI is InChI=1S/C16H34N2O/c1-6-7-15(4,12-17-14(2)3)13-18-10-8-16(5,19)9-11-18/h14,17,19H,6-13H2,1-5H3. The lowest BCUT2D eigenvalue weighted by Crippen LogP contribution is -2.49. The van der Waals surface area contributed by atoms with E-state index in [1.54, 1.807) is 0 Å². The second-order valence-electron chi connectivity index (χ2n) is 7.37. The number of hydrogen-bond donors (Lipinski definition) is 2. The molecular weight excluding hydrogens is 236 g/mol. The summed E-state index contributed by atoms with van der Waals surface area (Å²) in [5.74, 6) is 0. The van der Waals surface area contributed by atoms with Gasteiger partial charge in [-0.3, -0.25) is 0 Å². The van der Waals surface area contributed by atoms with E-state index < -0.39 is 5.60 Å². The molecule has 3 nitrogen and oxygen atoms in total. The minimum atomic E-state index is -0.437. The lowest BCUT2D eigenvalue weighted by atomic mass is 9.83. The van der Waals surface area contributed by atoms with Crippen molar-refractivity contribution in [3.8, 4) is 0 Å². The third kappa shape index (κ3) is 6.24. The summed E-state index contributed by atoms with van der Waals surface area (Å²) in [6.45, 7) is 15.4. The maximum absolute atomic E-state index is 10.0. The predicted octanol–water partition coefficient (Wildman–Crippen LogP) is 2.64. The van der Waals surface area contributed by atoms with Crippen LogP contribution in [0.4, 0.5) is 0 Å². The molecular formula is C16H34N2O. The molecule has 19 heavy (non-hydrogen) atoms. The first-order valence-corrected chi connectivity index (χ1v) is 7.94. The fraction of sp³-hybridized carbons (Fsp3) is 1.00. The van der Waals surface area contributed by atoms with E-state index in [1.165, 1.54) is 12.8 Å². The minimum Gasteiger partial charge on any atom is -0.390 e. The Morgan fingerprint density at radius 3 is 2.37 bits per heavy atom. The van der Waals surface area contributed by atoms with E-state index in [2.05, 4.69) is 37.9 Å². The van der Waals surface area contributed by atoms with Crippen LogP contribution in [0.3, 0.4) is 0 Å². The number of hydrogen-bond acceptors (Lipinski definition) is 3. The van der Waals surface area contributed by atoms with Crippen molar-refractivity contribution in [2.24, 2.45) is 5.41 Å². The number of nitrogens with one attached hydrogen (secondary N) is 1. The van der Waals surface area contributed by atoms with Crippen LogP contribution in [0.25, 0.3) is 0 Å². The van der Waals surface area contributed by atoms with Gasteiger partial charge in [0.05, 0.1) is 5.60 Å². The van der Waals surface area contributed by atoms with Gasteiger partial charge in [0.1, 0.15) is 0 Å². The summed E-state index contributed by atoms with van der Waals surface area (Å²) in [6, 6.07) is 0.554. The van der Waals surface area contributed by atoms with Crippen molar-refractivity contribution in [1.82, 2.24) is 10.2 Å². The summed E-state index contributed by atoms with van der Waals surface area (Å²) in [6.07, 6.45) is 4.32. The van der Waals surface area contributed by atoms with Gasteiger partial charge in [0.25, 0.3) is 0 Å². The Balaban J connectivity index is 2.48. The van der Waals surface area contributed by atoms with Crippen LogP contribution in [0.2, 0.25) is 0 Å². The van der Waals surface area contributed by atoms with Gasteiger partial charge in [0.2, 0.25) is 0 Å². The molecule has 1 fully saturated rings. The first-order chi connectivity index (χ1) is 8.76. The summed E-state index contributed by atoms with van der Waals surface area (Å²) >= 11 is 0. The van der Waals surface area contributed by atoms with Crippen LogP contribution in [0.1, 0.15) is 60.3 Å². The van der Waals surface area contributed by atoms with E-state index in [9.17, 15) is 5.11 Å². The third-order valence-electron chi connectivity index (χ3n) is 4.33. The highest BCUT2D eigenvalue weighted by atomic mass is 16.3. The molecule has 0 aromatic heterocycles. The quantitative estimate of drug-likeness (QED) is 0.746. The largest absolute Gasteiger partial charge is 0.390 e. The zero-order chi connectivity index (χ0) is 14.5. The fourth-order valence-electron chi connectivity index (χ4n) is 3.01. The molecule has 0 bridgehead atoms. The number of piperidine rings is 1. The molecule has 1 saturated heterocycles. The van der Waals surface area contributed by atoms with Gasteiger partial charge in [0, 0.05) is 32.2 Å². The Bertz CT molecular complexity index is 255. The molecule has 114 valence electrons. The molecule has 0 amide bonds. The van der Waals surface area contributed by atoms with E-state index in [-0.39, 0.29) is 0 Å². The number of aliphatic hydroxyl groups is 1. The van der Waals surface area contributed by atoms with Gasteiger partial charge in [-0.25, -0.2) is 0 Å². The maximum Gasteiger partial charge on any atom is 0.0644 e. The van der Waals surface area contributed by atoms with Gasteiger partial charge in [-0.15, -0.1) is 0 Å². The Morgan fingerprint density at radius 1 is 1.32 bits per heavy atom. The molecule has 0 radical (unpaired) electrons. The highest BCUT2D eigenvalue weighted by molar-refractivity contribution is 4.87. The molecule has 2 N–H and O–H groups in total. The lowest BCUT2D eigenvalue weighted by molar-refractivity contribution is -0.0155. The van der Waals surface area contributed by atoms with E-state index in [0.717, 1.165) is 39.0 Å². The zero-order valence-corrected chi connectivity index (χ0v) is 13.6. The van der Waals surface area contributed by atoms with Crippen molar-refractivity contribution in [1.29, 1.82) is 0 Å². The van der Waals surface area contributed by atoms with Crippen molar-refractivity contribution >= 4 is 0 Å². The average Bonchev–Trinajstić information content (AvgIpc) is 2.30. The monoisotopic (exact) mass is 270 g/mol. The van der Waals surface area contributed by atoms with E-state index in [0.29, 0.717) is 11.5 Å². The van der Waals surface area contributed by atoms with Gasteiger partial charge < -0.3 is 15.3 Å². The Morgan fingerprint density at radius 2 is 1.89 bits per heavy atom. The molecule has 0 aromatic rings. The Kier molecular flexibility index (Phi) is 6.28. The van der Waals surface area contributed by atoms with Gasteiger partial charge in [0.15, 0.2) is 0 Å². The molecule has 1 aliphatic rings. The Labute approximate surface area is 119 Å². The SMILES string of the molecule is CCCC(C)(CNC(C)C)CN1CCC(C)(O)CC1. The van der Waals surface area contributed by atoms with Gasteiger partial charge >= 0.3 is 0 Å². The van der Waals surface area contributed by atoms with Gasteiger partial charge in [-0.2, -0.15) is 0 Å². The van der Waals surface area contributed by atoms with Gasteiger partial charge in [-0.1, -0.05) is 34.1 Å². The second-order valence-corrected chi connectivity index (χ2v) is 7.37. The molecule has 1 rings (SSSR count). The van der Waals surface area contributed by atoms with Gasteiger partial charge in [-0.05, 0) is 31.6 Å². The number of nitrogens with zero attached hydrogens (tertiary/aromatic N) is 1. The molecule has 1 heterocycles. The predicted molar refractivity (Wildman–Crippen MR) is 82.5 cm³/mol. The van der Waals surface area contributed by atoms with Crippen LogP contribution < -0.4 is 5.32 Å². The minimum absolute atomic E-state index is 0.349. The maximum atomic E-state index is 10.0. The summed E-state index contributed by atoms with van der Waals surface area (Å²) in [5.41, 5.74) is -0.0872. The lowest BCUT2D eigenvalue weighted by Gasteiger charge is -2.41. The summed E-state index contributed by atoms with van der Waals surface area (Å²) < 4.78 is 0. The van der Waals surface area contributed by atoms with Crippen LogP contribution in [0, 0.1) is 5.41 Å². The first kappa shape index (κ1) is 16.9. The highest BCUT2D eigenvalue weighted by Crippen LogP contribution is 2.28. The normalized spacial score (nSPS) is 23.5. The van der Waals surface area contributed by atoms with Crippen LogP contribution in [-0.2, 0) is 0 Å². The fourth-order valence-corrected chi connectivity index (χ4v) is 3.01. The van der Waals surface area contributed by atoms with Crippen LogP contribution in [-0.4, -0.2) is 47.8 Å². The topological polar surface area (TPSA) is 35.5 Å². The van der Waals surface area contributed by atoms with Crippen molar-refractivity contribution in [2.45, 2.75) is 71.9 Å². The Hall–Kier alpha value is -0.120. The highest BCUT2D eigenvalue weighted by Gasteiger charge is 2.32. The number of likely N-dealkylation sites (tertiary alicyclic amines) is 1. The van der Waals surface area contributed by atoms with Crippen molar-refractivity contribution < 1.29 is 5.11 Å². The smallest absolute Gasteiger partial charge is 0.0644 e. The molecule has 0 spiro atoms. The third-order valence-corrected chi connectivity index (χ3v) is 4.33. The zero-order valence-electron chi connectivity index (χ0n) is 13.6. The van der Waals surface area contributed by atoms with E-state index in [4.69, 9.17) is 0 Å². The molecule has 3 heteroatoms. The van der Waals surface area contributed by atoms with Crippen LogP contribution >= 0.6 is 0 Å². The molecule has 0 saturated carbocycles. The summed E-state index contributed by atoms with van der Waals surface area (Å²) in [4.78, 5) is 2.54.